The highest BCUT2D eigenvalue weighted by atomic mass is 16.2. The van der Waals surface area contributed by atoms with E-state index in [2.05, 4.69) is 15.5 Å². The topological polar surface area (TPSA) is 61.0 Å². The number of aromatic amines is 1. The van der Waals surface area contributed by atoms with Crippen LogP contribution in [0.15, 0.2) is 36.5 Å². The van der Waals surface area contributed by atoms with Crippen LogP contribution in [0.3, 0.4) is 0 Å². The molecule has 0 bridgehead atoms. The minimum atomic E-state index is -0.302. The molecule has 1 saturated heterocycles. The van der Waals surface area contributed by atoms with Gasteiger partial charge in [-0.05, 0) is 31.7 Å². The monoisotopic (exact) mass is 312 g/mol. The molecule has 2 heterocycles. The molecule has 0 aliphatic carbocycles. The van der Waals surface area contributed by atoms with Gasteiger partial charge in [-0.2, -0.15) is 5.10 Å². The first-order chi connectivity index (χ1) is 11.3. The Kier molecular flexibility index (Phi) is 5.08. The van der Waals surface area contributed by atoms with Crippen LogP contribution in [0.5, 0.6) is 0 Å². The molecule has 0 saturated carbocycles. The quantitative estimate of drug-likeness (QED) is 0.892. The minimum Gasteiger partial charge on any atom is -0.341 e. The molecule has 1 aromatic heterocycles. The van der Waals surface area contributed by atoms with E-state index in [-0.39, 0.29) is 11.9 Å². The Labute approximate surface area is 137 Å². The fourth-order valence-electron chi connectivity index (χ4n) is 3.06. The van der Waals surface area contributed by atoms with Crippen LogP contribution in [0.2, 0.25) is 0 Å². The molecule has 1 amide bonds. The van der Waals surface area contributed by atoms with Gasteiger partial charge in [0.15, 0.2) is 0 Å². The number of benzene rings is 1. The second-order valence-corrected chi connectivity index (χ2v) is 6.13. The summed E-state index contributed by atoms with van der Waals surface area (Å²) in [5.41, 5.74) is 3.15. The van der Waals surface area contributed by atoms with Crippen molar-refractivity contribution in [2.75, 3.05) is 13.1 Å². The second-order valence-electron chi connectivity index (χ2n) is 6.13. The van der Waals surface area contributed by atoms with Crippen LogP contribution in [-0.4, -0.2) is 34.1 Å². The predicted molar refractivity (Wildman–Crippen MR) is 89.8 cm³/mol. The third-order valence-corrected chi connectivity index (χ3v) is 4.48. The lowest BCUT2D eigenvalue weighted by molar-refractivity contribution is -0.134. The Morgan fingerprint density at radius 2 is 2.00 bits per heavy atom. The molecule has 1 aromatic carbocycles. The lowest BCUT2D eigenvalue weighted by atomic mass is 10.0. The summed E-state index contributed by atoms with van der Waals surface area (Å²) in [6, 6.07) is 9.67. The third kappa shape index (κ3) is 3.79. The van der Waals surface area contributed by atoms with Crippen LogP contribution in [0.25, 0.3) is 0 Å². The molecule has 3 rings (SSSR count). The summed E-state index contributed by atoms with van der Waals surface area (Å²) in [6.07, 6.45) is 5.25. The number of nitrogens with zero attached hydrogens (tertiary/aromatic N) is 2. The molecule has 0 unspecified atom stereocenters. The normalized spacial score (nSPS) is 16.3. The van der Waals surface area contributed by atoms with Crippen molar-refractivity contribution >= 4 is 5.91 Å². The smallest absolute Gasteiger partial charge is 0.244 e. The highest BCUT2D eigenvalue weighted by Crippen LogP contribution is 2.20. The largest absolute Gasteiger partial charge is 0.341 e. The molecule has 122 valence electrons. The van der Waals surface area contributed by atoms with Gasteiger partial charge in [-0.3, -0.25) is 15.2 Å². The maximum absolute atomic E-state index is 13.0. The second kappa shape index (κ2) is 7.42. The molecule has 5 nitrogen and oxygen atoms in total. The van der Waals surface area contributed by atoms with E-state index < -0.39 is 0 Å². The Morgan fingerprint density at radius 3 is 2.65 bits per heavy atom. The number of carbonyl (C=O) groups excluding carboxylic acids is 1. The summed E-state index contributed by atoms with van der Waals surface area (Å²) in [7, 11) is 0. The van der Waals surface area contributed by atoms with Gasteiger partial charge < -0.3 is 4.90 Å². The van der Waals surface area contributed by atoms with Crippen molar-refractivity contribution in [1.29, 1.82) is 0 Å². The number of H-pyrrole nitrogens is 1. The van der Waals surface area contributed by atoms with Crippen LogP contribution in [0, 0.1) is 6.92 Å². The molecule has 1 fully saturated rings. The molecule has 0 spiro atoms. The first-order valence-electron chi connectivity index (χ1n) is 8.31. The van der Waals surface area contributed by atoms with Gasteiger partial charge >= 0.3 is 0 Å². The van der Waals surface area contributed by atoms with E-state index in [1.807, 2.05) is 48.4 Å². The number of carbonyl (C=O) groups is 1. The first-order valence-corrected chi connectivity index (χ1v) is 8.31. The van der Waals surface area contributed by atoms with Gasteiger partial charge in [0.25, 0.3) is 0 Å². The fourth-order valence-corrected chi connectivity index (χ4v) is 3.06. The highest BCUT2D eigenvalue weighted by molar-refractivity contribution is 5.83. The lowest BCUT2D eigenvalue weighted by Gasteiger charge is -2.31. The number of likely N-dealkylation sites (tertiary alicyclic amines) is 1. The Morgan fingerprint density at radius 1 is 1.26 bits per heavy atom. The van der Waals surface area contributed by atoms with Crippen LogP contribution in [0.1, 0.15) is 42.1 Å². The summed E-state index contributed by atoms with van der Waals surface area (Å²) < 4.78 is 0. The lowest BCUT2D eigenvalue weighted by Crippen LogP contribution is -2.43. The third-order valence-electron chi connectivity index (χ3n) is 4.48. The van der Waals surface area contributed by atoms with Crippen molar-refractivity contribution in [1.82, 2.24) is 20.4 Å². The summed E-state index contributed by atoms with van der Waals surface area (Å²) in [5.74, 6) is 0.178. The maximum atomic E-state index is 13.0. The van der Waals surface area contributed by atoms with Crippen LogP contribution in [-0.2, 0) is 11.3 Å². The SMILES string of the molecule is Cc1[nH]ncc1CN[C@H](C(=O)N1CCCCC1)c1ccccc1. The summed E-state index contributed by atoms with van der Waals surface area (Å²) in [4.78, 5) is 15.0. The van der Waals surface area contributed by atoms with Crippen LogP contribution >= 0.6 is 0 Å². The van der Waals surface area contributed by atoms with E-state index in [0.29, 0.717) is 6.54 Å². The molecule has 0 radical (unpaired) electrons. The number of aryl methyl sites for hydroxylation is 1. The van der Waals surface area contributed by atoms with E-state index in [9.17, 15) is 4.79 Å². The Balaban J connectivity index is 1.76. The summed E-state index contributed by atoms with van der Waals surface area (Å²) >= 11 is 0. The standard InChI is InChI=1S/C18H24N4O/c1-14-16(13-20-21-14)12-19-17(15-8-4-2-5-9-15)18(23)22-10-6-3-7-11-22/h2,4-5,8-9,13,17,19H,3,6-7,10-12H2,1H3,(H,20,21)/t17-/m0/s1. The number of rotatable bonds is 5. The van der Waals surface area contributed by atoms with E-state index in [1.165, 1.54) is 6.42 Å². The molecule has 2 N–H and O–H groups in total. The van der Waals surface area contributed by atoms with Crippen LogP contribution < -0.4 is 5.32 Å². The molecule has 5 heteroatoms. The number of nitrogens with one attached hydrogen (secondary N) is 2. The van der Waals surface area contributed by atoms with Gasteiger partial charge in [0.1, 0.15) is 6.04 Å². The van der Waals surface area contributed by atoms with Gasteiger partial charge in [-0.1, -0.05) is 30.3 Å². The zero-order valence-electron chi connectivity index (χ0n) is 13.6. The van der Waals surface area contributed by atoms with Crippen molar-refractivity contribution in [2.45, 2.75) is 38.8 Å². The zero-order valence-corrected chi connectivity index (χ0v) is 13.6. The summed E-state index contributed by atoms with van der Waals surface area (Å²) in [5, 5.41) is 10.4. The van der Waals surface area contributed by atoms with E-state index >= 15 is 0 Å². The van der Waals surface area contributed by atoms with Crippen molar-refractivity contribution in [3.63, 3.8) is 0 Å². The molecular formula is C18H24N4O. The van der Waals surface area contributed by atoms with Crippen LogP contribution in [0.4, 0.5) is 0 Å². The van der Waals surface area contributed by atoms with Gasteiger partial charge in [0, 0.05) is 30.9 Å². The minimum absolute atomic E-state index is 0.178. The first kappa shape index (κ1) is 15.7. The average Bonchev–Trinajstić information content (AvgIpc) is 3.02. The van der Waals surface area contributed by atoms with Gasteiger partial charge in [-0.15, -0.1) is 0 Å². The van der Waals surface area contributed by atoms with Crippen molar-refractivity contribution in [3.05, 3.63) is 53.3 Å². The van der Waals surface area contributed by atoms with Gasteiger partial charge in [-0.25, -0.2) is 0 Å². The molecule has 23 heavy (non-hydrogen) atoms. The molecule has 1 atom stereocenters. The molecule has 1 aliphatic rings. The number of aromatic nitrogens is 2. The van der Waals surface area contributed by atoms with Crippen molar-refractivity contribution in [3.8, 4) is 0 Å². The molecule has 1 aliphatic heterocycles. The number of hydrogen-bond acceptors (Lipinski definition) is 3. The molecular weight excluding hydrogens is 288 g/mol. The Hall–Kier alpha value is -2.14. The van der Waals surface area contributed by atoms with E-state index in [4.69, 9.17) is 0 Å². The van der Waals surface area contributed by atoms with Gasteiger partial charge in [0.05, 0.1) is 6.20 Å². The predicted octanol–water partition coefficient (Wildman–Crippen LogP) is 2.56. The maximum Gasteiger partial charge on any atom is 0.244 e. The van der Waals surface area contributed by atoms with Crippen molar-refractivity contribution in [2.24, 2.45) is 0 Å². The van der Waals surface area contributed by atoms with Crippen molar-refractivity contribution < 1.29 is 4.79 Å². The van der Waals surface area contributed by atoms with E-state index in [0.717, 1.165) is 42.8 Å². The molecule has 2 aromatic rings. The van der Waals surface area contributed by atoms with Gasteiger partial charge in [0.2, 0.25) is 5.91 Å². The zero-order chi connectivity index (χ0) is 16.1. The Bertz CT molecular complexity index is 631. The number of amides is 1. The fraction of sp³-hybridized carbons (Fsp3) is 0.444. The average molecular weight is 312 g/mol. The summed E-state index contributed by atoms with van der Waals surface area (Å²) in [6.45, 7) is 4.36. The van der Waals surface area contributed by atoms with E-state index in [1.54, 1.807) is 0 Å². The number of hydrogen-bond donors (Lipinski definition) is 2. The highest BCUT2D eigenvalue weighted by Gasteiger charge is 2.26. The number of piperidine rings is 1.